The van der Waals surface area contributed by atoms with Crippen molar-refractivity contribution in [2.75, 3.05) is 6.54 Å². The number of nitrogens with zero attached hydrogens (tertiary/aromatic N) is 2. The molecule has 0 saturated heterocycles. The molecule has 8 heteroatoms. The summed E-state index contributed by atoms with van der Waals surface area (Å²) in [7, 11) is 0. The number of carbonyl (C=O) groups is 1. The molecule has 1 unspecified atom stereocenters. The van der Waals surface area contributed by atoms with Crippen LogP contribution in [0.4, 0.5) is 9.18 Å². The van der Waals surface area contributed by atoms with Crippen LogP contribution in [0.1, 0.15) is 12.6 Å². The number of hydrogen-bond donors (Lipinski definition) is 2. The van der Waals surface area contributed by atoms with Crippen LogP contribution in [-0.4, -0.2) is 28.1 Å². The first kappa shape index (κ1) is 16.3. The van der Waals surface area contributed by atoms with Crippen LogP contribution in [0.2, 0.25) is 0 Å². The summed E-state index contributed by atoms with van der Waals surface area (Å²) < 4.78 is 20.3. The number of urea groups is 1. The lowest BCUT2D eigenvalue weighted by Gasteiger charge is -2.15. The average Bonchev–Trinajstić information content (AvgIpc) is 3.14. The van der Waals surface area contributed by atoms with E-state index in [1.54, 1.807) is 23.5 Å². The zero-order valence-electron chi connectivity index (χ0n) is 13.0. The zero-order valence-corrected chi connectivity index (χ0v) is 13.8. The van der Waals surface area contributed by atoms with Gasteiger partial charge in [-0.3, -0.25) is 4.40 Å². The number of ether oxygens (including phenoxy) is 1. The number of imidazole rings is 1. The summed E-state index contributed by atoms with van der Waals surface area (Å²) in [6.45, 7) is 2.52. The highest BCUT2D eigenvalue weighted by Gasteiger charge is 2.08. The number of nitrogens with one attached hydrogen (secondary N) is 2. The molecule has 6 nitrogen and oxygen atoms in total. The lowest BCUT2D eigenvalue weighted by Crippen LogP contribution is -2.40. The van der Waals surface area contributed by atoms with E-state index in [9.17, 15) is 9.18 Å². The van der Waals surface area contributed by atoms with E-state index < -0.39 is 0 Å². The molecule has 3 aromatic rings. The van der Waals surface area contributed by atoms with Gasteiger partial charge in [-0.1, -0.05) is 0 Å². The van der Waals surface area contributed by atoms with Gasteiger partial charge in [0.2, 0.25) is 0 Å². The van der Waals surface area contributed by atoms with Gasteiger partial charge in [-0.05, 0) is 31.2 Å². The van der Waals surface area contributed by atoms with Crippen molar-refractivity contribution in [1.82, 2.24) is 20.0 Å². The van der Waals surface area contributed by atoms with Crippen molar-refractivity contribution in [3.8, 4) is 5.75 Å². The molecule has 3 rings (SSSR count). The van der Waals surface area contributed by atoms with Crippen molar-refractivity contribution in [1.29, 1.82) is 0 Å². The average molecular weight is 348 g/mol. The molecular weight excluding hydrogens is 331 g/mol. The molecule has 1 aromatic carbocycles. The van der Waals surface area contributed by atoms with Gasteiger partial charge in [-0.15, -0.1) is 11.3 Å². The Labute approximate surface area is 142 Å². The fraction of sp³-hybridized carbons (Fsp3) is 0.250. The van der Waals surface area contributed by atoms with Gasteiger partial charge in [0.1, 0.15) is 17.7 Å². The van der Waals surface area contributed by atoms with E-state index >= 15 is 0 Å². The van der Waals surface area contributed by atoms with Gasteiger partial charge >= 0.3 is 6.03 Å². The van der Waals surface area contributed by atoms with E-state index in [-0.39, 0.29) is 18.0 Å². The highest BCUT2D eigenvalue weighted by molar-refractivity contribution is 7.15. The normalized spacial score (nSPS) is 12.1. The second-order valence-corrected chi connectivity index (χ2v) is 6.14. The highest BCUT2D eigenvalue weighted by Crippen LogP contribution is 2.13. The van der Waals surface area contributed by atoms with Gasteiger partial charge in [0.05, 0.1) is 18.8 Å². The molecule has 24 heavy (non-hydrogen) atoms. The molecule has 126 valence electrons. The number of fused-ring (bicyclic) bond motifs is 1. The number of rotatable bonds is 6. The largest absolute Gasteiger partial charge is 0.489 e. The second-order valence-electron chi connectivity index (χ2n) is 5.27. The second kappa shape index (κ2) is 7.31. The lowest BCUT2D eigenvalue weighted by atomic mass is 10.3. The number of benzene rings is 1. The molecule has 0 saturated carbocycles. The van der Waals surface area contributed by atoms with Crippen molar-refractivity contribution in [3.63, 3.8) is 0 Å². The van der Waals surface area contributed by atoms with Crippen LogP contribution < -0.4 is 15.4 Å². The minimum atomic E-state index is -0.313. The van der Waals surface area contributed by atoms with Crippen LogP contribution in [0.3, 0.4) is 0 Å². The van der Waals surface area contributed by atoms with Crippen LogP contribution in [0, 0.1) is 5.82 Å². The van der Waals surface area contributed by atoms with Gasteiger partial charge in [-0.25, -0.2) is 14.2 Å². The van der Waals surface area contributed by atoms with Crippen molar-refractivity contribution in [3.05, 3.63) is 53.6 Å². The van der Waals surface area contributed by atoms with Crippen LogP contribution in [0.15, 0.2) is 42.0 Å². The standard InChI is InChI=1S/C16H17FN4O2S/c1-11(23-14-4-2-12(17)3-5-14)8-18-15(22)19-9-13-10-21-6-7-24-16(21)20-13/h2-7,10-11H,8-9H2,1H3,(H2,18,19,22). The Balaban J connectivity index is 1.40. The van der Waals surface area contributed by atoms with Gasteiger partial charge in [-0.2, -0.15) is 0 Å². The first-order valence-electron chi connectivity index (χ1n) is 7.45. The zero-order chi connectivity index (χ0) is 16.9. The van der Waals surface area contributed by atoms with Crippen LogP contribution in [-0.2, 0) is 6.54 Å². The molecule has 0 aliphatic rings. The first-order chi connectivity index (χ1) is 11.6. The Morgan fingerprint density at radius 3 is 2.92 bits per heavy atom. The summed E-state index contributed by atoms with van der Waals surface area (Å²) in [5.74, 6) is 0.246. The molecule has 2 aromatic heterocycles. The molecule has 1 atom stereocenters. The quantitative estimate of drug-likeness (QED) is 0.720. The van der Waals surface area contributed by atoms with E-state index in [1.807, 2.05) is 29.1 Å². The molecule has 2 N–H and O–H groups in total. The number of amides is 2. The minimum Gasteiger partial charge on any atom is -0.489 e. The number of hydrogen-bond acceptors (Lipinski definition) is 4. The number of halogens is 1. The summed E-state index contributed by atoms with van der Waals surface area (Å²) in [6.07, 6.45) is 3.57. The number of carbonyl (C=O) groups excluding carboxylic acids is 1. The predicted molar refractivity (Wildman–Crippen MR) is 89.8 cm³/mol. The number of thiazole rings is 1. The van der Waals surface area contributed by atoms with Crippen molar-refractivity contribution in [2.45, 2.75) is 19.6 Å². The molecule has 0 spiro atoms. The maximum Gasteiger partial charge on any atom is 0.315 e. The first-order valence-corrected chi connectivity index (χ1v) is 8.33. The Morgan fingerprint density at radius 2 is 2.17 bits per heavy atom. The van der Waals surface area contributed by atoms with Crippen molar-refractivity contribution >= 4 is 22.3 Å². The Hall–Kier alpha value is -2.61. The van der Waals surface area contributed by atoms with Crippen LogP contribution >= 0.6 is 11.3 Å². The molecule has 0 bridgehead atoms. The van der Waals surface area contributed by atoms with Gasteiger partial charge in [0, 0.05) is 17.8 Å². The van der Waals surface area contributed by atoms with Crippen molar-refractivity contribution in [2.24, 2.45) is 0 Å². The third-order valence-corrected chi connectivity index (χ3v) is 4.04. The van der Waals surface area contributed by atoms with Crippen LogP contribution in [0.25, 0.3) is 4.96 Å². The van der Waals surface area contributed by atoms with Gasteiger partial charge < -0.3 is 15.4 Å². The predicted octanol–water partition coefficient (Wildman–Crippen LogP) is 2.80. The summed E-state index contributed by atoms with van der Waals surface area (Å²) in [4.78, 5) is 17.1. The van der Waals surface area contributed by atoms with Gasteiger partial charge in [0.25, 0.3) is 0 Å². The Kier molecular flexibility index (Phi) is 4.95. The van der Waals surface area contributed by atoms with E-state index in [1.165, 1.54) is 12.1 Å². The fourth-order valence-corrected chi connectivity index (χ4v) is 2.84. The summed E-state index contributed by atoms with van der Waals surface area (Å²) in [5.41, 5.74) is 0.799. The van der Waals surface area contributed by atoms with E-state index in [0.29, 0.717) is 18.8 Å². The third kappa shape index (κ3) is 4.23. The van der Waals surface area contributed by atoms with Crippen molar-refractivity contribution < 1.29 is 13.9 Å². The lowest BCUT2D eigenvalue weighted by molar-refractivity contribution is 0.207. The SMILES string of the molecule is CC(CNC(=O)NCc1cn2ccsc2n1)Oc1ccc(F)cc1. The highest BCUT2D eigenvalue weighted by atomic mass is 32.1. The molecule has 0 radical (unpaired) electrons. The smallest absolute Gasteiger partial charge is 0.315 e. The summed E-state index contributed by atoms with van der Waals surface area (Å²) in [6, 6.07) is 5.48. The molecule has 2 heterocycles. The number of aromatic nitrogens is 2. The summed E-state index contributed by atoms with van der Waals surface area (Å²) >= 11 is 1.54. The molecule has 0 aliphatic heterocycles. The minimum absolute atomic E-state index is 0.237. The monoisotopic (exact) mass is 348 g/mol. The maximum absolute atomic E-state index is 12.8. The third-order valence-electron chi connectivity index (χ3n) is 3.27. The molecule has 0 fully saturated rings. The van der Waals surface area contributed by atoms with Gasteiger partial charge in [0.15, 0.2) is 4.96 Å². The molecular formula is C16H17FN4O2S. The van der Waals surface area contributed by atoms with Crippen LogP contribution in [0.5, 0.6) is 5.75 Å². The van der Waals surface area contributed by atoms with E-state index in [2.05, 4.69) is 15.6 Å². The Bertz CT molecular complexity index is 786. The topological polar surface area (TPSA) is 67.7 Å². The Morgan fingerprint density at radius 1 is 1.38 bits per heavy atom. The maximum atomic E-state index is 12.8. The molecule has 2 amide bonds. The fourth-order valence-electron chi connectivity index (χ4n) is 2.12. The molecule has 0 aliphatic carbocycles. The van der Waals surface area contributed by atoms with E-state index in [4.69, 9.17) is 4.74 Å². The van der Waals surface area contributed by atoms with E-state index in [0.717, 1.165) is 10.7 Å². The summed E-state index contributed by atoms with van der Waals surface area (Å²) in [5, 5.41) is 7.43.